The van der Waals surface area contributed by atoms with Gasteiger partial charge in [0.15, 0.2) is 0 Å². The zero-order chi connectivity index (χ0) is 21.0. The Morgan fingerprint density at radius 3 is 2.17 bits per heavy atom. The van der Waals surface area contributed by atoms with Crippen molar-refractivity contribution in [3.8, 4) is 11.3 Å². The predicted molar refractivity (Wildman–Crippen MR) is 115 cm³/mol. The lowest BCUT2D eigenvalue weighted by atomic mass is 9.87. The summed E-state index contributed by atoms with van der Waals surface area (Å²) in [5.41, 5.74) is 7.15. The molecule has 2 aromatic carbocycles. The highest BCUT2D eigenvalue weighted by molar-refractivity contribution is 6.00. The van der Waals surface area contributed by atoms with E-state index < -0.39 is 5.97 Å². The van der Waals surface area contributed by atoms with Crippen molar-refractivity contribution >= 4 is 11.9 Å². The number of benzene rings is 2. The Morgan fingerprint density at radius 1 is 0.931 bits per heavy atom. The topological polar surface area (TPSA) is 71.3 Å². The maximum Gasteiger partial charge on any atom is 0.303 e. The van der Waals surface area contributed by atoms with Gasteiger partial charge in [-0.25, -0.2) is 0 Å². The predicted octanol–water partition coefficient (Wildman–Crippen LogP) is 4.85. The van der Waals surface area contributed by atoms with E-state index in [1.165, 1.54) is 0 Å². The van der Waals surface area contributed by atoms with E-state index in [2.05, 4.69) is 26.2 Å². The largest absolute Gasteiger partial charge is 0.481 e. The van der Waals surface area contributed by atoms with E-state index in [9.17, 15) is 9.59 Å². The van der Waals surface area contributed by atoms with Crippen molar-refractivity contribution in [1.82, 2.24) is 4.68 Å². The molecule has 3 rings (SSSR count). The second kappa shape index (κ2) is 8.35. The number of rotatable bonds is 6. The van der Waals surface area contributed by atoms with E-state index >= 15 is 0 Å². The molecule has 0 aliphatic rings. The van der Waals surface area contributed by atoms with Crippen molar-refractivity contribution in [3.63, 3.8) is 0 Å². The molecule has 0 aliphatic carbocycles. The fourth-order valence-corrected chi connectivity index (χ4v) is 3.16. The number of aryl methyl sites for hydroxylation is 1. The first-order valence-electron chi connectivity index (χ1n) is 9.65. The fraction of sp³-hybridized carbons (Fsp3) is 0.250. The molecule has 1 heterocycles. The van der Waals surface area contributed by atoms with Crippen LogP contribution in [0.25, 0.3) is 11.3 Å². The van der Waals surface area contributed by atoms with Gasteiger partial charge in [-0.1, -0.05) is 63.2 Å². The van der Waals surface area contributed by atoms with Gasteiger partial charge in [0.2, 0.25) is 0 Å². The summed E-state index contributed by atoms with van der Waals surface area (Å²) in [6.07, 6.45) is 0.319. The van der Waals surface area contributed by atoms with Crippen LogP contribution in [0.1, 0.15) is 48.8 Å². The highest BCUT2D eigenvalue weighted by atomic mass is 16.4. The van der Waals surface area contributed by atoms with Gasteiger partial charge in [0.25, 0.3) is 5.91 Å². The first kappa shape index (κ1) is 20.4. The zero-order valence-electron chi connectivity index (χ0n) is 17.0. The highest BCUT2D eigenvalue weighted by Gasteiger charge is 2.17. The maximum atomic E-state index is 12.9. The molecule has 1 amide bonds. The van der Waals surface area contributed by atoms with Crippen LogP contribution in [0.15, 0.2) is 66.7 Å². The number of hydrogen-bond acceptors (Lipinski definition) is 2. The minimum absolute atomic E-state index is 0.00556. The van der Waals surface area contributed by atoms with E-state index in [1.807, 2.05) is 66.7 Å². The summed E-state index contributed by atoms with van der Waals surface area (Å²) in [5.74, 6) is -1.11. The Labute approximate surface area is 171 Å². The van der Waals surface area contributed by atoms with Crippen LogP contribution in [0.5, 0.6) is 0 Å². The van der Waals surface area contributed by atoms with Crippen molar-refractivity contribution in [2.45, 2.75) is 39.0 Å². The van der Waals surface area contributed by atoms with Crippen molar-refractivity contribution < 1.29 is 14.7 Å². The van der Waals surface area contributed by atoms with Crippen LogP contribution in [0, 0.1) is 0 Å². The van der Waals surface area contributed by atoms with Gasteiger partial charge in [-0.15, -0.1) is 0 Å². The molecule has 0 unspecified atom stereocenters. The SMILES string of the molecule is CC(C)(C)c1ccc(C(=O)Nn2c(CCC(=O)O)ccc2-c2ccccc2)cc1. The van der Waals surface area contributed by atoms with Gasteiger partial charge in [-0.2, -0.15) is 0 Å². The smallest absolute Gasteiger partial charge is 0.303 e. The van der Waals surface area contributed by atoms with Gasteiger partial charge in [-0.3, -0.25) is 19.7 Å². The van der Waals surface area contributed by atoms with Gasteiger partial charge in [0.05, 0.1) is 12.1 Å². The Hall–Kier alpha value is -3.34. The monoisotopic (exact) mass is 390 g/mol. The second-order valence-corrected chi connectivity index (χ2v) is 8.07. The lowest BCUT2D eigenvalue weighted by Gasteiger charge is -2.19. The van der Waals surface area contributed by atoms with Crippen LogP contribution in [-0.4, -0.2) is 21.7 Å². The van der Waals surface area contributed by atoms with Crippen molar-refractivity contribution in [2.24, 2.45) is 0 Å². The molecule has 29 heavy (non-hydrogen) atoms. The summed E-state index contributed by atoms with van der Waals surface area (Å²) in [7, 11) is 0. The molecule has 0 saturated heterocycles. The molecule has 3 aromatic rings. The lowest BCUT2D eigenvalue weighted by Crippen LogP contribution is -2.25. The number of carbonyl (C=O) groups is 2. The third-order valence-electron chi connectivity index (χ3n) is 4.85. The summed E-state index contributed by atoms with van der Waals surface area (Å²) in [6.45, 7) is 6.38. The summed E-state index contributed by atoms with van der Waals surface area (Å²) in [6, 6.07) is 21.0. The van der Waals surface area contributed by atoms with E-state index in [1.54, 1.807) is 4.68 Å². The molecule has 0 spiro atoms. The van der Waals surface area contributed by atoms with Gasteiger partial charge in [0.1, 0.15) is 0 Å². The van der Waals surface area contributed by atoms with Crippen molar-refractivity contribution in [1.29, 1.82) is 0 Å². The van der Waals surface area contributed by atoms with E-state index in [0.29, 0.717) is 12.0 Å². The van der Waals surface area contributed by atoms with Crippen LogP contribution in [0.4, 0.5) is 0 Å². The number of aliphatic carboxylic acids is 1. The average Bonchev–Trinajstić information content (AvgIpc) is 3.09. The van der Waals surface area contributed by atoms with Crippen LogP contribution < -0.4 is 5.43 Å². The van der Waals surface area contributed by atoms with Crippen molar-refractivity contribution in [3.05, 3.63) is 83.6 Å². The van der Waals surface area contributed by atoms with Crippen LogP contribution in [0.2, 0.25) is 0 Å². The maximum absolute atomic E-state index is 12.9. The van der Waals surface area contributed by atoms with Gasteiger partial charge in [0, 0.05) is 23.2 Å². The molecular weight excluding hydrogens is 364 g/mol. The van der Waals surface area contributed by atoms with E-state index in [0.717, 1.165) is 22.5 Å². The number of hydrogen-bond donors (Lipinski definition) is 2. The average molecular weight is 390 g/mol. The molecule has 0 fully saturated rings. The first-order valence-corrected chi connectivity index (χ1v) is 9.65. The number of carboxylic acid groups (broad SMARTS) is 1. The summed E-state index contributed by atoms with van der Waals surface area (Å²) >= 11 is 0. The van der Waals surface area contributed by atoms with Crippen LogP contribution >= 0.6 is 0 Å². The Balaban J connectivity index is 1.90. The number of carbonyl (C=O) groups excluding carboxylic acids is 1. The number of aromatic nitrogens is 1. The molecular formula is C24H26N2O3. The highest BCUT2D eigenvalue weighted by Crippen LogP contribution is 2.24. The minimum Gasteiger partial charge on any atom is -0.481 e. The normalized spacial score (nSPS) is 11.3. The molecule has 5 heteroatoms. The molecule has 1 aromatic heterocycles. The number of amides is 1. The summed E-state index contributed by atoms with van der Waals surface area (Å²) in [4.78, 5) is 23.9. The van der Waals surface area contributed by atoms with Crippen LogP contribution in [0.3, 0.4) is 0 Å². The molecule has 5 nitrogen and oxygen atoms in total. The summed E-state index contributed by atoms with van der Waals surface area (Å²) < 4.78 is 1.69. The zero-order valence-corrected chi connectivity index (χ0v) is 17.0. The van der Waals surface area contributed by atoms with E-state index in [-0.39, 0.29) is 17.7 Å². The van der Waals surface area contributed by atoms with Gasteiger partial charge < -0.3 is 5.11 Å². The lowest BCUT2D eigenvalue weighted by molar-refractivity contribution is -0.136. The third kappa shape index (κ3) is 4.93. The second-order valence-electron chi connectivity index (χ2n) is 8.07. The molecule has 150 valence electrons. The molecule has 2 N–H and O–H groups in total. The van der Waals surface area contributed by atoms with Crippen LogP contribution in [-0.2, 0) is 16.6 Å². The number of carboxylic acids is 1. The molecule has 0 bridgehead atoms. The molecule has 0 atom stereocenters. The minimum atomic E-state index is -0.872. The molecule has 0 saturated carbocycles. The first-order chi connectivity index (χ1) is 13.8. The third-order valence-corrected chi connectivity index (χ3v) is 4.85. The molecule has 0 radical (unpaired) electrons. The number of nitrogens with one attached hydrogen (secondary N) is 1. The Kier molecular flexibility index (Phi) is 5.87. The Bertz CT molecular complexity index is 997. The Morgan fingerprint density at radius 2 is 1.59 bits per heavy atom. The standard InChI is InChI=1S/C24H26N2O3/c1-24(2,3)19-11-9-18(10-12-19)23(29)25-26-20(14-16-22(27)28)13-15-21(26)17-7-5-4-6-8-17/h4-13,15H,14,16H2,1-3H3,(H,25,29)(H,27,28). The quantitative estimate of drug-likeness (QED) is 0.632. The number of nitrogens with zero attached hydrogens (tertiary/aromatic N) is 1. The van der Waals surface area contributed by atoms with Gasteiger partial charge in [-0.05, 0) is 35.2 Å². The van der Waals surface area contributed by atoms with E-state index in [4.69, 9.17) is 5.11 Å². The summed E-state index contributed by atoms with van der Waals surface area (Å²) in [5, 5.41) is 9.04. The van der Waals surface area contributed by atoms with Gasteiger partial charge >= 0.3 is 5.97 Å². The molecule has 0 aliphatic heterocycles. The van der Waals surface area contributed by atoms with Crippen molar-refractivity contribution in [2.75, 3.05) is 5.43 Å². The fourth-order valence-electron chi connectivity index (χ4n) is 3.16.